The molecule has 6 heteroatoms. The van der Waals surface area contributed by atoms with E-state index in [-0.39, 0.29) is 13.3 Å². The number of rotatable bonds is 7. The molecule has 0 atom stereocenters. The number of carbonyl (C=O) groups is 1. The lowest BCUT2D eigenvalue weighted by Gasteiger charge is -2.20. The Balaban J connectivity index is 1.76. The van der Waals surface area contributed by atoms with Gasteiger partial charge in [-0.2, -0.15) is 0 Å². The van der Waals surface area contributed by atoms with E-state index in [1.54, 1.807) is 7.11 Å². The highest BCUT2D eigenvalue weighted by molar-refractivity contribution is 5.69. The molecular weight excluding hydrogens is 274 g/mol. The minimum Gasteiger partial charge on any atom is -0.493 e. The van der Waals surface area contributed by atoms with Gasteiger partial charge in [-0.1, -0.05) is 0 Å². The first kappa shape index (κ1) is 14.0. The topological polar surface area (TPSA) is 68.2 Å². The monoisotopic (exact) mass is 293 g/mol. The second kappa shape index (κ2) is 5.81. The fourth-order valence-corrected chi connectivity index (χ4v) is 2.58. The van der Waals surface area contributed by atoms with E-state index in [4.69, 9.17) is 19.3 Å². The van der Waals surface area contributed by atoms with Crippen molar-refractivity contribution < 1.29 is 24.1 Å². The molecule has 1 aromatic rings. The summed E-state index contributed by atoms with van der Waals surface area (Å²) in [6.45, 7) is 1.63. The molecule has 2 aliphatic rings. The van der Waals surface area contributed by atoms with Gasteiger partial charge >= 0.3 is 5.97 Å². The lowest BCUT2D eigenvalue weighted by atomic mass is 10.1. The third kappa shape index (κ3) is 3.39. The molecule has 1 N–H and O–H groups in total. The van der Waals surface area contributed by atoms with Gasteiger partial charge in [0.25, 0.3) is 0 Å². The molecule has 1 aromatic carbocycles. The Morgan fingerprint density at radius 3 is 2.90 bits per heavy atom. The van der Waals surface area contributed by atoms with Crippen LogP contribution in [-0.2, 0) is 11.3 Å². The van der Waals surface area contributed by atoms with Gasteiger partial charge < -0.3 is 19.3 Å². The molecular formula is C15H19NO5. The quantitative estimate of drug-likeness (QED) is 0.825. The van der Waals surface area contributed by atoms with Crippen LogP contribution in [-0.4, -0.2) is 43.0 Å². The van der Waals surface area contributed by atoms with Crippen LogP contribution in [0.5, 0.6) is 17.2 Å². The highest BCUT2D eigenvalue weighted by Crippen LogP contribution is 2.42. The van der Waals surface area contributed by atoms with E-state index in [9.17, 15) is 4.79 Å². The van der Waals surface area contributed by atoms with Crippen LogP contribution in [0.3, 0.4) is 0 Å². The van der Waals surface area contributed by atoms with Crippen LogP contribution in [0, 0.1) is 5.92 Å². The van der Waals surface area contributed by atoms with E-state index in [0.29, 0.717) is 29.7 Å². The fraction of sp³-hybridized carbons (Fsp3) is 0.533. The lowest BCUT2D eigenvalue weighted by molar-refractivity contribution is -0.138. The van der Waals surface area contributed by atoms with Crippen LogP contribution in [0.2, 0.25) is 0 Å². The third-order valence-corrected chi connectivity index (χ3v) is 3.70. The van der Waals surface area contributed by atoms with Gasteiger partial charge in [0.1, 0.15) is 0 Å². The Kier molecular flexibility index (Phi) is 3.88. The fourth-order valence-electron chi connectivity index (χ4n) is 2.58. The van der Waals surface area contributed by atoms with Gasteiger partial charge in [0.15, 0.2) is 11.5 Å². The van der Waals surface area contributed by atoms with E-state index in [2.05, 4.69) is 0 Å². The van der Waals surface area contributed by atoms with E-state index in [0.717, 1.165) is 12.1 Å². The second-order valence-corrected chi connectivity index (χ2v) is 5.54. The molecule has 21 heavy (non-hydrogen) atoms. The number of hydrogen-bond acceptors (Lipinski definition) is 5. The largest absolute Gasteiger partial charge is 0.493 e. The number of fused-ring (bicyclic) bond motifs is 1. The number of methoxy groups -OCH3 is 1. The molecule has 1 aliphatic heterocycles. The first-order valence-corrected chi connectivity index (χ1v) is 7.06. The molecule has 1 aliphatic carbocycles. The predicted molar refractivity (Wildman–Crippen MR) is 74.8 cm³/mol. The molecule has 6 nitrogen and oxygen atoms in total. The maximum Gasteiger partial charge on any atom is 0.317 e. The number of carboxylic acid groups (broad SMARTS) is 1. The molecule has 0 unspecified atom stereocenters. The number of hydrogen-bond donors (Lipinski definition) is 1. The van der Waals surface area contributed by atoms with Crippen molar-refractivity contribution in [2.75, 3.05) is 27.0 Å². The Hall–Kier alpha value is -1.95. The summed E-state index contributed by atoms with van der Waals surface area (Å²) in [4.78, 5) is 13.0. The third-order valence-electron chi connectivity index (χ3n) is 3.70. The van der Waals surface area contributed by atoms with Crippen molar-refractivity contribution >= 4 is 5.97 Å². The molecule has 0 saturated heterocycles. The van der Waals surface area contributed by atoms with Gasteiger partial charge in [-0.3, -0.25) is 9.69 Å². The average molecular weight is 293 g/mol. The van der Waals surface area contributed by atoms with Gasteiger partial charge in [0.05, 0.1) is 13.7 Å². The summed E-state index contributed by atoms with van der Waals surface area (Å²) in [6, 6.07) is 3.78. The summed E-state index contributed by atoms with van der Waals surface area (Å²) in [5, 5.41) is 9.04. The van der Waals surface area contributed by atoms with E-state index in [1.807, 2.05) is 17.0 Å². The van der Waals surface area contributed by atoms with Crippen molar-refractivity contribution in [3.63, 3.8) is 0 Å². The molecule has 0 spiro atoms. The van der Waals surface area contributed by atoms with E-state index < -0.39 is 5.97 Å². The number of ether oxygens (including phenoxy) is 3. The second-order valence-electron chi connectivity index (χ2n) is 5.54. The van der Waals surface area contributed by atoms with Crippen LogP contribution in [0.25, 0.3) is 0 Å². The molecule has 0 aromatic heterocycles. The molecule has 0 radical (unpaired) electrons. The maximum atomic E-state index is 11.0. The van der Waals surface area contributed by atoms with Gasteiger partial charge in [-0.05, 0) is 36.5 Å². The highest BCUT2D eigenvalue weighted by atomic mass is 16.7. The first-order valence-electron chi connectivity index (χ1n) is 7.06. The number of carboxylic acids is 1. The Morgan fingerprint density at radius 1 is 1.43 bits per heavy atom. The summed E-state index contributed by atoms with van der Waals surface area (Å²) in [7, 11) is 1.58. The van der Waals surface area contributed by atoms with Crippen molar-refractivity contribution in [1.82, 2.24) is 4.90 Å². The molecule has 1 fully saturated rings. The van der Waals surface area contributed by atoms with Crippen LogP contribution < -0.4 is 14.2 Å². The molecule has 1 heterocycles. The minimum absolute atomic E-state index is 0.0489. The standard InChI is InChI=1S/C15H19NO5/c1-19-12-4-11(5-13-15(12)21-9-20-13)7-16(8-14(17)18)6-10-2-3-10/h4-5,10H,2-3,6-9H2,1H3,(H,17,18). The zero-order valence-corrected chi connectivity index (χ0v) is 12.0. The zero-order valence-electron chi connectivity index (χ0n) is 12.0. The molecule has 114 valence electrons. The van der Waals surface area contributed by atoms with Crippen LogP contribution in [0.1, 0.15) is 18.4 Å². The zero-order chi connectivity index (χ0) is 14.8. The van der Waals surface area contributed by atoms with Crippen molar-refractivity contribution in [3.8, 4) is 17.2 Å². The van der Waals surface area contributed by atoms with Crippen LogP contribution >= 0.6 is 0 Å². The van der Waals surface area contributed by atoms with Gasteiger partial charge in [-0.15, -0.1) is 0 Å². The normalized spacial score (nSPS) is 16.3. The van der Waals surface area contributed by atoms with Crippen molar-refractivity contribution in [2.45, 2.75) is 19.4 Å². The van der Waals surface area contributed by atoms with Crippen molar-refractivity contribution in [3.05, 3.63) is 17.7 Å². The predicted octanol–water partition coefficient (Wildman–Crippen LogP) is 1.72. The molecule has 0 bridgehead atoms. The Morgan fingerprint density at radius 2 is 2.24 bits per heavy atom. The SMILES string of the molecule is COc1cc(CN(CC(=O)O)CC2CC2)cc2c1OCO2. The first-order chi connectivity index (χ1) is 10.2. The van der Waals surface area contributed by atoms with Crippen LogP contribution in [0.4, 0.5) is 0 Å². The Bertz CT molecular complexity index is 541. The maximum absolute atomic E-state index is 11.0. The van der Waals surface area contributed by atoms with Gasteiger partial charge in [0.2, 0.25) is 12.5 Å². The summed E-state index contributed by atoms with van der Waals surface area (Å²) in [6.07, 6.45) is 2.39. The van der Waals surface area contributed by atoms with Crippen LogP contribution in [0.15, 0.2) is 12.1 Å². The molecule has 0 amide bonds. The number of aliphatic carboxylic acids is 1. The average Bonchev–Trinajstić information content (AvgIpc) is 3.11. The van der Waals surface area contributed by atoms with Crippen molar-refractivity contribution in [1.29, 1.82) is 0 Å². The number of nitrogens with zero attached hydrogens (tertiary/aromatic N) is 1. The smallest absolute Gasteiger partial charge is 0.317 e. The number of benzene rings is 1. The van der Waals surface area contributed by atoms with E-state index in [1.165, 1.54) is 12.8 Å². The van der Waals surface area contributed by atoms with Gasteiger partial charge in [-0.25, -0.2) is 0 Å². The minimum atomic E-state index is -0.802. The lowest BCUT2D eigenvalue weighted by Crippen LogP contribution is -2.31. The molecule has 1 saturated carbocycles. The molecule has 3 rings (SSSR count). The van der Waals surface area contributed by atoms with E-state index >= 15 is 0 Å². The highest BCUT2D eigenvalue weighted by Gasteiger charge is 2.26. The summed E-state index contributed by atoms with van der Waals surface area (Å²) in [5.41, 5.74) is 0.970. The Labute approximate surface area is 123 Å². The summed E-state index contributed by atoms with van der Waals surface area (Å²) >= 11 is 0. The summed E-state index contributed by atoms with van der Waals surface area (Å²) in [5.74, 6) is 1.74. The van der Waals surface area contributed by atoms with Gasteiger partial charge in [0, 0.05) is 13.1 Å². The summed E-state index contributed by atoms with van der Waals surface area (Å²) < 4.78 is 16.1. The van der Waals surface area contributed by atoms with Crippen molar-refractivity contribution in [2.24, 2.45) is 5.92 Å².